The van der Waals surface area contributed by atoms with Crippen LogP contribution in [0.25, 0.3) is 16.7 Å². The highest BCUT2D eigenvalue weighted by Crippen LogP contribution is 2.20. The third kappa shape index (κ3) is 2.99. The molecule has 3 aromatic rings. The minimum atomic E-state index is 0.190. The van der Waals surface area contributed by atoms with Crippen molar-refractivity contribution in [1.82, 2.24) is 15.0 Å². The van der Waals surface area contributed by atoms with E-state index in [0.29, 0.717) is 16.5 Å². The highest BCUT2D eigenvalue weighted by Gasteiger charge is 2.05. The van der Waals surface area contributed by atoms with E-state index in [1.807, 2.05) is 30.3 Å². The molecule has 5 nitrogen and oxygen atoms in total. The quantitative estimate of drug-likeness (QED) is 0.457. The molecule has 21 heavy (non-hydrogen) atoms. The Labute approximate surface area is 131 Å². The maximum absolute atomic E-state index is 5.87. The topological polar surface area (TPSA) is 69.1 Å². The second kappa shape index (κ2) is 5.71. The normalized spacial score (nSPS) is 12.0. The van der Waals surface area contributed by atoms with E-state index in [2.05, 4.69) is 15.2 Å². The monoisotopic (exact) mass is 319 g/mol. The summed E-state index contributed by atoms with van der Waals surface area (Å²) < 4.78 is 0. The summed E-state index contributed by atoms with van der Waals surface area (Å²) in [4.78, 5) is 5.74. The lowest BCUT2D eigenvalue weighted by molar-refractivity contribution is 0.766. The molecule has 106 valence electrons. The van der Waals surface area contributed by atoms with Crippen LogP contribution < -0.4 is 5.73 Å². The van der Waals surface area contributed by atoms with Crippen LogP contribution in [0.5, 0.6) is 0 Å². The number of alkyl halides is 1. The summed E-state index contributed by atoms with van der Waals surface area (Å²) in [5, 5.41) is 9.51. The molecular formula is C14H11Cl2N5. The number of nitrogens with zero attached hydrogens (tertiary/aromatic N) is 4. The third-order valence-corrected chi connectivity index (χ3v) is 3.36. The fraction of sp³-hybridized carbons (Fsp3) is 0.0714. The van der Waals surface area contributed by atoms with Crippen molar-refractivity contribution in [2.24, 2.45) is 10.7 Å². The van der Waals surface area contributed by atoms with Gasteiger partial charge in [-0.1, -0.05) is 11.6 Å². The predicted octanol–water partition coefficient (Wildman–Crippen LogP) is 3.30. The molecule has 1 heterocycles. The van der Waals surface area contributed by atoms with Crippen molar-refractivity contribution in [2.45, 2.75) is 0 Å². The first-order chi connectivity index (χ1) is 10.2. The molecule has 0 spiro atoms. The summed E-state index contributed by atoms with van der Waals surface area (Å²) >= 11 is 11.5. The van der Waals surface area contributed by atoms with E-state index >= 15 is 0 Å². The molecule has 0 fully saturated rings. The summed E-state index contributed by atoms with van der Waals surface area (Å²) in [6.07, 6.45) is 0. The van der Waals surface area contributed by atoms with E-state index in [9.17, 15) is 0 Å². The van der Waals surface area contributed by atoms with E-state index in [1.165, 1.54) is 0 Å². The summed E-state index contributed by atoms with van der Waals surface area (Å²) in [6.45, 7) is 0. The standard InChI is InChI=1S/C14H11Cl2N5/c15-8-14(17)18-10-3-6-12-13(7-10)20-21(19-12)11-4-1-9(16)2-5-11/h1-7H,8H2,(H2,17,18). The molecule has 0 saturated carbocycles. The van der Waals surface area contributed by atoms with Crippen LogP contribution in [0.15, 0.2) is 47.5 Å². The van der Waals surface area contributed by atoms with Gasteiger partial charge in [-0.05, 0) is 42.5 Å². The van der Waals surface area contributed by atoms with Gasteiger partial charge in [-0.2, -0.15) is 4.80 Å². The largest absolute Gasteiger partial charge is 0.386 e. The van der Waals surface area contributed by atoms with Crippen molar-refractivity contribution in [3.8, 4) is 5.69 Å². The van der Waals surface area contributed by atoms with Crippen molar-refractivity contribution >= 4 is 45.8 Å². The third-order valence-electron chi connectivity index (χ3n) is 2.83. The number of hydrogen-bond acceptors (Lipinski definition) is 3. The zero-order valence-corrected chi connectivity index (χ0v) is 12.4. The minimum absolute atomic E-state index is 0.190. The number of rotatable bonds is 3. The molecule has 0 atom stereocenters. The van der Waals surface area contributed by atoms with Crippen molar-refractivity contribution in [3.63, 3.8) is 0 Å². The summed E-state index contributed by atoms with van der Waals surface area (Å²) in [5.41, 5.74) is 8.66. The molecule has 0 amide bonds. The second-order valence-corrected chi connectivity index (χ2v) is 5.08. The Morgan fingerprint density at radius 1 is 1.10 bits per heavy atom. The van der Waals surface area contributed by atoms with Crippen LogP contribution in [0.1, 0.15) is 0 Å². The predicted molar refractivity (Wildman–Crippen MR) is 85.9 cm³/mol. The fourth-order valence-corrected chi connectivity index (χ4v) is 2.04. The number of hydrogen-bond donors (Lipinski definition) is 1. The number of aromatic nitrogens is 3. The molecule has 2 aromatic carbocycles. The first-order valence-electron chi connectivity index (χ1n) is 6.18. The van der Waals surface area contributed by atoms with Crippen molar-refractivity contribution in [1.29, 1.82) is 0 Å². The van der Waals surface area contributed by atoms with Crippen molar-refractivity contribution in [3.05, 3.63) is 47.5 Å². The SMILES string of the molecule is NC(CCl)=Nc1ccc2nn(-c3ccc(Cl)cc3)nc2c1. The molecule has 0 unspecified atom stereocenters. The lowest BCUT2D eigenvalue weighted by atomic mass is 10.3. The van der Waals surface area contributed by atoms with Crippen LogP contribution in [-0.2, 0) is 0 Å². The van der Waals surface area contributed by atoms with Crippen molar-refractivity contribution in [2.75, 3.05) is 5.88 Å². The zero-order valence-electron chi connectivity index (χ0n) is 10.9. The van der Waals surface area contributed by atoms with Crippen molar-refractivity contribution < 1.29 is 0 Å². The Kier molecular flexibility index (Phi) is 3.77. The van der Waals surface area contributed by atoms with Crippen LogP contribution >= 0.6 is 23.2 Å². The molecule has 0 aliphatic rings. The van der Waals surface area contributed by atoms with Gasteiger partial charge in [-0.3, -0.25) is 0 Å². The number of fused-ring (bicyclic) bond motifs is 1. The van der Waals surface area contributed by atoms with Crippen LogP contribution in [0.3, 0.4) is 0 Å². The zero-order chi connectivity index (χ0) is 14.8. The second-order valence-electron chi connectivity index (χ2n) is 4.38. The molecule has 0 radical (unpaired) electrons. The van der Waals surface area contributed by atoms with Gasteiger partial charge in [0.05, 0.1) is 17.3 Å². The molecule has 0 bridgehead atoms. The Morgan fingerprint density at radius 3 is 2.52 bits per heavy atom. The first-order valence-corrected chi connectivity index (χ1v) is 7.09. The van der Waals surface area contributed by atoms with Gasteiger partial charge in [0.15, 0.2) is 0 Å². The van der Waals surface area contributed by atoms with Gasteiger partial charge in [0, 0.05) is 5.02 Å². The van der Waals surface area contributed by atoms with Gasteiger partial charge in [0.25, 0.3) is 0 Å². The van der Waals surface area contributed by atoms with E-state index in [4.69, 9.17) is 28.9 Å². The van der Waals surface area contributed by atoms with E-state index < -0.39 is 0 Å². The number of halogens is 2. The molecule has 3 rings (SSSR count). The number of aliphatic imine (C=N–C) groups is 1. The summed E-state index contributed by atoms with van der Waals surface area (Å²) in [6, 6.07) is 12.8. The average Bonchev–Trinajstić information content (AvgIpc) is 2.91. The van der Waals surface area contributed by atoms with Crippen LogP contribution in [0.4, 0.5) is 5.69 Å². The minimum Gasteiger partial charge on any atom is -0.386 e. The lowest BCUT2D eigenvalue weighted by Gasteiger charge is -1.97. The Balaban J connectivity index is 2.02. The Hall–Kier alpha value is -2.11. The number of benzene rings is 2. The van der Waals surface area contributed by atoms with E-state index in [1.54, 1.807) is 16.9 Å². The maximum Gasteiger partial charge on any atom is 0.115 e. The van der Waals surface area contributed by atoms with Crippen LogP contribution in [-0.4, -0.2) is 26.7 Å². The van der Waals surface area contributed by atoms with Gasteiger partial charge in [-0.25, -0.2) is 4.99 Å². The first kappa shape index (κ1) is 13.9. The van der Waals surface area contributed by atoms with Gasteiger partial charge in [0.2, 0.25) is 0 Å². The Bertz CT molecular complexity index is 808. The lowest BCUT2D eigenvalue weighted by Crippen LogP contribution is -2.12. The average molecular weight is 320 g/mol. The highest BCUT2D eigenvalue weighted by molar-refractivity contribution is 6.30. The van der Waals surface area contributed by atoms with E-state index in [-0.39, 0.29) is 5.88 Å². The Morgan fingerprint density at radius 2 is 1.81 bits per heavy atom. The van der Waals surface area contributed by atoms with E-state index in [0.717, 1.165) is 16.7 Å². The molecule has 2 N–H and O–H groups in total. The van der Waals surface area contributed by atoms with Gasteiger partial charge in [0.1, 0.15) is 16.9 Å². The molecule has 7 heteroatoms. The molecule has 1 aromatic heterocycles. The molecule has 0 aliphatic heterocycles. The smallest absolute Gasteiger partial charge is 0.115 e. The summed E-state index contributed by atoms with van der Waals surface area (Å²) in [7, 11) is 0. The fourth-order valence-electron chi connectivity index (χ4n) is 1.86. The number of amidine groups is 1. The number of nitrogens with two attached hydrogens (primary N) is 1. The van der Waals surface area contributed by atoms with Gasteiger partial charge in [-0.15, -0.1) is 21.8 Å². The van der Waals surface area contributed by atoms with Crippen LogP contribution in [0.2, 0.25) is 5.02 Å². The van der Waals surface area contributed by atoms with Gasteiger partial charge < -0.3 is 5.73 Å². The van der Waals surface area contributed by atoms with Crippen LogP contribution in [0, 0.1) is 0 Å². The highest BCUT2D eigenvalue weighted by atomic mass is 35.5. The summed E-state index contributed by atoms with van der Waals surface area (Å²) in [5.74, 6) is 0.552. The molecule has 0 aliphatic carbocycles. The molecular weight excluding hydrogens is 309 g/mol. The van der Waals surface area contributed by atoms with Gasteiger partial charge >= 0.3 is 0 Å². The molecule has 0 saturated heterocycles. The maximum atomic E-state index is 5.87.